The summed E-state index contributed by atoms with van der Waals surface area (Å²) < 4.78 is 29.5. The molecule has 0 fully saturated rings. The van der Waals surface area contributed by atoms with Crippen molar-refractivity contribution in [2.45, 2.75) is 0 Å². The average molecular weight is 351 g/mol. The Kier molecular flexibility index (Phi) is 4.99. The molecule has 0 N–H and O–H groups in total. The Bertz CT molecular complexity index is 957. The van der Waals surface area contributed by atoms with Gasteiger partial charge in [-0.15, -0.1) is 6.42 Å². The molecule has 0 amide bonds. The molecule has 1 aliphatic rings. The number of hydrogen-bond donors (Lipinski definition) is 0. The maximum atomic E-state index is 13.8. The molecule has 0 saturated carbocycles. The maximum Gasteiger partial charge on any atom is 0.363 e. The van der Waals surface area contributed by atoms with Crippen molar-refractivity contribution >= 4 is 17.9 Å². The van der Waals surface area contributed by atoms with Crippen LogP contribution in [0.1, 0.15) is 11.1 Å². The van der Waals surface area contributed by atoms with Gasteiger partial charge in [-0.2, -0.15) is 0 Å². The van der Waals surface area contributed by atoms with Crippen molar-refractivity contribution in [3.8, 4) is 23.8 Å². The van der Waals surface area contributed by atoms with Gasteiger partial charge in [0.15, 0.2) is 17.2 Å². The van der Waals surface area contributed by atoms with Crippen LogP contribution in [0.25, 0.3) is 6.08 Å². The van der Waals surface area contributed by atoms with Crippen molar-refractivity contribution in [1.29, 1.82) is 0 Å². The zero-order valence-corrected chi connectivity index (χ0v) is 13.9. The number of methoxy groups -OCH3 is 1. The SMILES string of the molecule is C#CCOc1ccc(C=C2N=C(c3ccccc3F)OC2=O)cc1OC. The van der Waals surface area contributed by atoms with Crippen LogP contribution in [0.3, 0.4) is 0 Å². The highest BCUT2D eigenvalue weighted by Crippen LogP contribution is 2.29. The summed E-state index contributed by atoms with van der Waals surface area (Å²) in [6, 6.07) is 11.0. The van der Waals surface area contributed by atoms with Crippen LogP contribution >= 0.6 is 0 Å². The Morgan fingerprint density at radius 2 is 2.08 bits per heavy atom. The van der Waals surface area contributed by atoms with E-state index in [1.54, 1.807) is 30.3 Å². The third-order valence-electron chi connectivity index (χ3n) is 3.53. The molecule has 0 spiro atoms. The number of terminal acetylenes is 1. The monoisotopic (exact) mass is 351 g/mol. The molecule has 0 aromatic heterocycles. The predicted octanol–water partition coefficient (Wildman–Crippen LogP) is 3.19. The Morgan fingerprint density at radius 3 is 2.81 bits per heavy atom. The maximum absolute atomic E-state index is 13.8. The van der Waals surface area contributed by atoms with Gasteiger partial charge in [0.2, 0.25) is 5.90 Å². The molecule has 2 aromatic rings. The van der Waals surface area contributed by atoms with Gasteiger partial charge in [0.05, 0.1) is 12.7 Å². The first-order chi connectivity index (χ1) is 12.6. The van der Waals surface area contributed by atoms with E-state index in [9.17, 15) is 9.18 Å². The molecule has 0 bridgehead atoms. The van der Waals surface area contributed by atoms with Gasteiger partial charge in [-0.25, -0.2) is 14.2 Å². The number of rotatable bonds is 5. The smallest absolute Gasteiger partial charge is 0.363 e. The number of hydrogen-bond acceptors (Lipinski definition) is 5. The first-order valence-electron chi connectivity index (χ1n) is 7.64. The van der Waals surface area contributed by atoms with E-state index in [0.29, 0.717) is 17.1 Å². The topological polar surface area (TPSA) is 57.1 Å². The van der Waals surface area contributed by atoms with Crippen LogP contribution in [0.2, 0.25) is 0 Å². The molecule has 0 atom stereocenters. The first kappa shape index (κ1) is 17.2. The van der Waals surface area contributed by atoms with Crippen LogP contribution in [0, 0.1) is 18.2 Å². The molecule has 6 heteroatoms. The number of esters is 1. The minimum atomic E-state index is -0.658. The van der Waals surface area contributed by atoms with Gasteiger partial charge in [0, 0.05) is 0 Å². The van der Waals surface area contributed by atoms with Gasteiger partial charge in [-0.05, 0) is 35.9 Å². The number of benzene rings is 2. The quantitative estimate of drug-likeness (QED) is 0.472. The molecule has 26 heavy (non-hydrogen) atoms. The van der Waals surface area contributed by atoms with Crippen molar-refractivity contribution in [1.82, 2.24) is 0 Å². The molecule has 130 valence electrons. The number of ether oxygens (including phenoxy) is 3. The number of nitrogens with zero attached hydrogens (tertiary/aromatic N) is 1. The Balaban J connectivity index is 1.91. The van der Waals surface area contributed by atoms with Crippen LogP contribution in [-0.2, 0) is 9.53 Å². The highest BCUT2D eigenvalue weighted by molar-refractivity contribution is 6.12. The predicted molar refractivity (Wildman–Crippen MR) is 94.3 cm³/mol. The molecule has 0 unspecified atom stereocenters. The third-order valence-corrected chi connectivity index (χ3v) is 3.53. The van der Waals surface area contributed by atoms with E-state index in [4.69, 9.17) is 20.6 Å². The summed E-state index contributed by atoms with van der Waals surface area (Å²) in [6.07, 6.45) is 6.69. The van der Waals surface area contributed by atoms with Crippen molar-refractivity contribution < 1.29 is 23.4 Å². The Hall–Kier alpha value is -3.59. The molecule has 1 aliphatic heterocycles. The summed E-state index contributed by atoms with van der Waals surface area (Å²) in [4.78, 5) is 16.1. The molecule has 2 aromatic carbocycles. The lowest BCUT2D eigenvalue weighted by Crippen LogP contribution is -2.07. The van der Waals surface area contributed by atoms with E-state index < -0.39 is 11.8 Å². The molecule has 5 nitrogen and oxygen atoms in total. The normalized spacial score (nSPS) is 14.6. The second-order valence-electron chi connectivity index (χ2n) is 5.22. The Morgan fingerprint density at radius 1 is 1.27 bits per heavy atom. The highest BCUT2D eigenvalue weighted by Gasteiger charge is 2.26. The molecule has 0 radical (unpaired) electrons. The number of aliphatic imine (C=N–C) groups is 1. The number of cyclic esters (lactones) is 1. The number of halogens is 1. The molecule has 0 saturated heterocycles. The molecule has 3 rings (SSSR count). The number of carbonyl (C=O) groups excluding carboxylic acids is 1. The highest BCUT2D eigenvalue weighted by atomic mass is 19.1. The van der Waals surface area contributed by atoms with Gasteiger partial charge in [-0.1, -0.05) is 24.1 Å². The van der Waals surface area contributed by atoms with E-state index in [1.807, 2.05) is 0 Å². The fourth-order valence-electron chi connectivity index (χ4n) is 2.33. The van der Waals surface area contributed by atoms with Crippen LogP contribution in [0.15, 0.2) is 53.2 Å². The fourth-order valence-corrected chi connectivity index (χ4v) is 2.33. The standard InChI is InChI=1S/C20H14FNO4/c1-3-10-25-17-9-8-13(12-18(17)24-2)11-16-20(23)26-19(22-16)14-6-4-5-7-15(14)21/h1,4-9,11-12H,10H2,2H3. The second kappa shape index (κ2) is 7.53. The minimum absolute atomic E-state index is 0.0580. The summed E-state index contributed by atoms with van der Waals surface area (Å²) in [6.45, 7) is 0.111. The third kappa shape index (κ3) is 3.57. The summed E-state index contributed by atoms with van der Waals surface area (Å²) in [5.41, 5.74) is 0.822. The summed E-state index contributed by atoms with van der Waals surface area (Å²) in [5.74, 6) is 2.07. The zero-order chi connectivity index (χ0) is 18.5. The summed E-state index contributed by atoms with van der Waals surface area (Å²) in [7, 11) is 1.49. The molecular formula is C20H14FNO4. The largest absolute Gasteiger partial charge is 0.493 e. The molecular weight excluding hydrogens is 337 g/mol. The lowest BCUT2D eigenvalue weighted by atomic mass is 10.1. The van der Waals surface area contributed by atoms with Crippen LogP contribution in [0.4, 0.5) is 4.39 Å². The second-order valence-corrected chi connectivity index (χ2v) is 5.22. The average Bonchev–Trinajstić information content (AvgIpc) is 3.01. The van der Waals surface area contributed by atoms with Gasteiger partial charge in [0.25, 0.3) is 0 Å². The van der Waals surface area contributed by atoms with Crippen LogP contribution in [-0.4, -0.2) is 25.6 Å². The van der Waals surface area contributed by atoms with Gasteiger partial charge in [-0.3, -0.25) is 0 Å². The van der Waals surface area contributed by atoms with E-state index in [1.165, 1.54) is 25.3 Å². The summed E-state index contributed by atoms with van der Waals surface area (Å²) in [5, 5.41) is 0. The lowest BCUT2D eigenvalue weighted by molar-refractivity contribution is -0.129. The van der Waals surface area contributed by atoms with Crippen molar-refractivity contribution in [2.75, 3.05) is 13.7 Å². The van der Waals surface area contributed by atoms with Crippen molar-refractivity contribution in [2.24, 2.45) is 4.99 Å². The number of carbonyl (C=O) groups is 1. The fraction of sp³-hybridized carbons (Fsp3) is 0.100. The van der Waals surface area contributed by atoms with Crippen LogP contribution in [0.5, 0.6) is 11.5 Å². The Labute approximate surface area is 149 Å². The van der Waals surface area contributed by atoms with Crippen LogP contribution < -0.4 is 9.47 Å². The van der Waals surface area contributed by atoms with Gasteiger partial charge < -0.3 is 14.2 Å². The summed E-state index contributed by atoms with van der Waals surface area (Å²) >= 11 is 0. The minimum Gasteiger partial charge on any atom is -0.493 e. The van der Waals surface area contributed by atoms with E-state index in [2.05, 4.69) is 10.9 Å². The van der Waals surface area contributed by atoms with Gasteiger partial charge >= 0.3 is 5.97 Å². The zero-order valence-electron chi connectivity index (χ0n) is 13.9. The molecule has 1 heterocycles. The van der Waals surface area contributed by atoms with E-state index >= 15 is 0 Å². The van der Waals surface area contributed by atoms with E-state index in [0.717, 1.165) is 0 Å². The van der Waals surface area contributed by atoms with Crippen molar-refractivity contribution in [3.63, 3.8) is 0 Å². The van der Waals surface area contributed by atoms with Crippen molar-refractivity contribution in [3.05, 3.63) is 65.1 Å². The lowest BCUT2D eigenvalue weighted by Gasteiger charge is -2.09. The van der Waals surface area contributed by atoms with E-state index in [-0.39, 0.29) is 23.8 Å². The molecule has 0 aliphatic carbocycles. The van der Waals surface area contributed by atoms with Gasteiger partial charge in [0.1, 0.15) is 12.4 Å². The first-order valence-corrected chi connectivity index (χ1v) is 7.64.